The Morgan fingerprint density at radius 3 is 2.38 bits per heavy atom. The molecule has 134 valence electrons. The van der Waals surface area contributed by atoms with Crippen LogP contribution in [-0.4, -0.2) is 42.6 Å². The van der Waals surface area contributed by atoms with Crippen molar-refractivity contribution >= 4 is 17.3 Å². The van der Waals surface area contributed by atoms with Crippen molar-refractivity contribution < 1.29 is 4.42 Å². The number of anilines is 1. The highest BCUT2D eigenvalue weighted by molar-refractivity contribution is 6.30. The number of hydrogen-bond donors (Lipinski definition) is 0. The van der Waals surface area contributed by atoms with Crippen LogP contribution in [0.2, 0.25) is 5.02 Å². The van der Waals surface area contributed by atoms with Crippen molar-refractivity contribution in [2.45, 2.75) is 6.42 Å². The molecule has 0 unspecified atom stereocenters. The van der Waals surface area contributed by atoms with E-state index in [1.807, 2.05) is 24.3 Å². The maximum Gasteiger partial charge on any atom is 0.196 e. The summed E-state index contributed by atoms with van der Waals surface area (Å²) in [7, 11) is 0. The van der Waals surface area contributed by atoms with Crippen LogP contribution in [0, 0.1) is 0 Å². The van der Waals surface area contributed by atoms with Gasteiger partial charge in [0.1, 0.15) is 0 Å². The Morgan fingerprint density at radius 2 is 1.65 bits per heavy atom. The number of oxazole rings is 1. The number of benzene rings is 2. The third-order valence-corrected chi connectivity index (χ3v) is 5.07. The maximum atomic E-state index is 5.93. The molecule has 0 spiro atoms. The van der Waals surface area contributed by atoms with E-state index < -0.39 is 0 Å². The van der Waals surface area contributed by atoms with E-state index in [9.17, 15) is 0 Å². The van der Waals surface area contributed by atoms with Crippen LogP contribution >= 0.6 is 11.6 Å². The Bertz CT molecular complexity index is 824. The van der Waals surface area contributed by atoms with Crippen LogP contribution in [0.3, 0.4) is 0 Å². The summed E-state index contributed by atoms with van der Waals surface area (Å²) in [6.07, 6.45) is 2.63. The second kappa shape index (κ2) is 7.94. The average Bonchev–Trinajstić information content (AvgIpc) is 3.17. The molecule has 4 rings (SSSR count). The molecule has 3 aromatic rings. The van der Waals surface area contributed by atoms with Crippen molar-refractivity contribution in [3.63, 3.8) is 0 Å². The Balaban J connectivity index is 1.28. The molecule has 0 N–H and O–H groups in total. The fourth-order valence-electron chi connectivity index (χ4n) is 3.30. The second-order valence-electron chi connectivity index (χ2n) is 6.54. The number of aromatic nitrogens is 1. The van der Waals surface area contributed by atoms with Gasteiger partial charge in [0, 0.05) is 55.4 Å². The normalized spacial score (nSPS) is 15.3. The summed E-state index contributed by atoms with van der Waals surface area (Å²) in [4.78, 5) is 9.35. The molecule has 0 saturated carbocycles. The van der Waals surface area contributed by atoms with E-state index in [-0.39, 0.29) is 0 Å². The van der Waals surface area contributed by atoms with Gasteiger partial charge in [0.15, 0.2) is 11.7 Å². The van der Waals surface area contributed by atoms with Crippen LogP contribution in [0.1, 0.15) is 5.89 Å². The first-order valence-corrected chi connectivity index (χ1v) is 9.39. The molecular formula is C21H22ClN3O. The third-order valence-electron chi connectivity index (χ3n) is 4.82. The lowest BCUT2D eigenvalue weighted by atomic mass is 10.2. The lowest BCUT2D eigenvalue weighted by Crippen LogP contribution is -2.47. The van der Waals surface area contributed by atoms with Crippen molar-refractivity contribution in [2.24, 2.45) is 0 Å². The smallest absolute Gasteiger partial charge is 0.196 e. The standard InChI is InChI=1S/C21H22ClN3O/c22-18-8-6-17(7-9-18)20-16-23-21(26-20)10-11-24-12-14-25(15-13-24)19-4-2-1-3-5-19/h1-9,16H,10-15H2. The molecule has 0 amide bonds. The highest BCUT2D eigenvalue weighted by Gasteiger charge is 2.17. The maximum absolute atomic E-state index is 5.93. The fourth-order valence-corrected chi connectivity index (χ4v) is 3.42. The molecule has 26 heavy (non-hydrogen) atoms. The first-order chi connectivity index (χ1) is 12.8. The van der Waals surface area contributed by atoms with E-state index in [2.05, 4.69) is 45.1 Å². The predicted octanol–water partition coefficient (Wildman–Crippen LogP) is 4.36. The summed E-state index contributed by atoms with van der Waals surface area (Å²) in [5.74, 6) is 1.59. The van der Waals surface area contributed by atoms with E-state index >= 15 is 0 Å². The van der Waals surface area contributed by atoms with Crippen LogP contribution in [0.4, 0.5) is 5.69 Å². The molecule has 2 heterocycles. The van der Waals surface area contributed by atoms with Gasteiger partial charge in [-0.25, -0.2) is 4.98 Å². The van der Waals surface area contributed by atoms with Gasteiger partial charge in [-0.1, -0.05) is 29.8 Å². The van der Waals surface area contributed by atoms with Crippen molar-refractivity contribution in [3.05, 3.63) is 71.7 Å². The van der Waals surface area contributed by atoms with E-state index in [0.717, 1.165) is 61.4 Å². The molecule has 0 bridgehead atoms. The zero-order chi connectivity index (χ0) is 17.8. The van der Waals surface area contributed by atoms with Gasteiger partial charge in [0.25, 0.3) is 0 Å². The van der Waals surface area contributed by atoms with Crippen LogP contribution < -0.4 is 4.90 Å². The molecular weight excluding hydrogens is 346 g/mol. The topological polar surface area (TPSA) is 32.5 Å². The van der Waals surface area contributed by atoms with Crippen LogP contribution in [-0.2, 0) is 6.42 Å². The van der Waals surface area contributed by atoms with E-state index in [1.54, 1.807) is 6.20 Å². The Morgan fingerprint density at radius 1 is 0.923 bits per heavy atom. The lowest BCUT2D eigenvalue weighted by Gasteiger charge is -2.35. The monoisotopic (exact) mass is 367 g/mol. The van der Waals surface area contributed by atoms with Gasteiger partial charge in [0.05, 0.1) is 6.20 Å². The summed E-state index contributed by atoms with van der Waals surface area (Å²) in [5.41, 5.74) is 2.32. The Kier molecular flexibility index (Phi) is 5.23. The molecule has 5 heteroatoms. The molecule has 1 aliphatic heterocycles. The molecule has 1 fully saturated rings. The number of piperazine rings is 1. The van der Waals surface area contributed by atoms with Gasteiger partial charge in [-0.3, -0.25) is 4.90 Å². The van der Waals surface area contributed by atoms with Crippen molar-refractivity contribution in [1.29, 1.82) is 0 Å². The first-order valence-electron chi connectivity index (χ1n) is 9.01. The van der Waals surface area contributed by atoms with Crippen molar-refractivity contribution in [1.82, 2.24) is 9.88 Å². The van der Waals surface area contributed by atoms with Crippen LogP contribution in [0.5, 0.6) is 0 Å². The third kappa shape index (κ3) is 4.09. The van der Waals surface area contributed by atoms with Crippen LogP contribution in [0.25, 0.3) is 11.3 Å². The summed E-state index contributed by atoms with van der Waals surface area (Å²) < 4.78 is 5.90. The first kappa shape index (κ1) is 17.1. The quantitative estimate of drug-likeness (QED) is 0.670. The minimum Gasteiger partial charge on any atom is -0.441 e. The number of hydrogen-bond acceptors (Lipinski definition) is 4. The van der Waals surface area contributed by atoms with Crippen molar-refractivity contribution in [2.75, 3.05) is 37.6 Å². The van der Waals surface area contributed by atoms with Crippen molar-refractivity contribution in [3.8, 4) is 11.3 Å². The molecule has 0 radical (unpaired) electrons. The second-order valence-corrected chi connectivity index (χ2v) is 6.98. The largest absolute Gasteiger partial charge is 0.441 e. The minimum absolute atomic E-state index is 0.725. The molecule has 2 aromatic carbocycles. The molecule has 4 nitrogen and oxygen atoms in total. The molecule has 1 aromatic heterocycles. The fraction of sp³-hybridized carbons (Fsp3) is 0.286. The van der Waals surface area contributed by atoms with Gasteiger partial charge in [0.2, 0.25) is 0 Å². The van der Waals surface area contributed by atoms with E-state index in [4.69, 9.17) is 16.0 Å². The zero-order valence-corrected chi connectivity index (χ0v) is 15.4. The van der Waals surface area contributed by atoms with E-state index in [0.29, 0.717) is 0 Å². The van der Waals surface area contributed by atoms with Gasteiger partial charge < -0.3 is 9.32 Å². The number of halogens is 1. The average molecular weight is 368 g/mol. The highest BCUT2D eigenvalue weighted by Crippen LogP contribution is 2.22. The zero-order valence-electron chi connectivity index (χ0n) is 14.6. The Labute approximate surface area is 159 Å². The highest BCUT2D eigenvalue weighted by atomic mass is 35.5. The number of nitrogens with zero attached hydrogens (tertiary/aromatic N) is 3. The summed E-state index contributed by atoms with van der Waals surface area (Å²) >= 11 is 5.93. The number of para-hydroxylation sites is 1. The molecule has 1 aliphatic rings. The minimum atomic E-state index is 0.725. The van der Waals surface area contributed by atoms with Crippen LogP contribution in [0.15, 0.2) is 65.2 Å². The predicted molar refractivity (Wildman–Crippen MR) is 106 cm³/mol. The summed E-state index contributed by atoms with van der Waals surface area (Å²) in [6.45, 7) is 5.24. The lowest BCUT2D eigenvalue weighted by molar-refractivity contribution is 0.254. The molecule has 0 aliphatic carbocycles. The number of rotatable bonds is 5. The summed E-state index contributed by atoms with van der Waals surface area (Å²) in [5, 5.41) is 0.725. The Hall–Kier alpha value is -2.30. The SMILES string of the molecule is Clc1ccc(-c2cnc(CCN3CCN(c4ccccc4)CC3)o2)cc1. The van der Waals surface area contributed by atoms with Gasteiger partial charge in [-0.05, 0) is 36.4 Å². The molecule has 1 saturated heterocycles. The molecule has 0 atom stereocenters. The summed E-state index contributed by atoms with van der Waals surface area (Å²) in [6, 6.07) is 18.3. The van der Waals surface area contributed by atoms with Gasteiger partial charge >= 0.3 is 0 Å². The van der Waals surface area contributed by atoms with E-state index in [1.165, 1.54) is 5.69 Å². The van der Waals surface area contributed by atoms with Gasteiger partial charge in [-0.2, -0.15) is 0 Å². The van der Waals surface area contributed by atoms with Gasteiger partial charge in [-0.15, -0.1) is 0 Å².